The second kappa shape index (κ2) is 9.44. The second-order valence-corrected chi connectivity index (χ2v) is 9.92. The van der Waals surface area contributed by atoms with Crippen LogP contribution in [0.5, 0.6) is 5.75 Å². The van der Waals surface area contributed by atoms with Crippen LogP contribution in [0.4, 0.5) is 0 Å². The van der Waals surface area contributed by atoms with E-state index in [9.17, 15) is 13.2 Å². The maximum absolute atomic E-state index is 12.9. The Morgan fingerprint density at radius 1 is 1.16 bits per heavy atom. The second-order valence-electron chi connectivity index (χ2n) is 7.66. The van der Waals surface area contributed by atoms with E-state index in [1.54, 1.807) is 13.2 Å². The number of carbonyl (C=O) groups is 1. The van der Waals surface area contributed by atoms with E-state index in [-0.39, 0.29) is 35.0 Å². The van der Waals surface area contributed by atoms with E-state index in [0.29, 0.717) is 19.4 Å². The number of piperidine rings is 1. The Bertz CT molecular complexity index is 1240. The van der Waals surface area contributed by atoms with Crippen molar-refractivity contribution in [3.63, 3.8) is 0 Å². The average molecular weight is 474 g/mol. The highest BCUT2D eigenvalue weighted by molar-refractivity contribution is 7.89. The molecule has 9 heteroatoms. The molecule has 0 unspecified atom stereocenters. The van der Waals surface area contributed by atoms with Crippen molar-refractivity contribution in [1.29, 1.82) is 0 Å². The van der Waals surface area contributed by atoms with Gasteiger partial charge >= 0.3 is 0 Å². The molecule has 7 nitrogen and oxygen atoms in total. The molecule has 1 amide bonds. The molecule has 1 aromatic heterocycles. The quantitative estimate of drug-likeness (QED) is 0.552. The lowest BCUT2D eigenvalue weighted by Crippen LogP contribution is -2.43. The fourth-order valence-electron chi connectivity index (χ4n) is 4.07. The average Bonchev–Trinajstić information content (AvgIpc) is 2.82. The lowest BCUT2D eigenvalue weighted by molar-refractivity contribution is -0.126. The number of ether oxygens (including phenoxy) is 1. The molecule has 1 saturated heterocycles. The van der Waals surface area contributed by atoms with Gasteiger partial charge in [0.2, 0.25) is 15.9 Å². The predicted octanol–water partition coefficient (Wildman–Crippen LogP) is 3.61. The normalized spacial score (nSPS) is 15.6. The first-order valence-electron chi connectivity index (χ1n) is 10.3. The van der Waals surface area contributed by atoms with E-state index in [4.69, 9.17) is 16.3 Å². The maximum Gasteiger partial charge on any atom is 0.246 e. The summed E-state index contributed by atoms with van der Waals surface area (Å²) in [6, 6.07) is 14.8. The van der Waals surface area contributed by atoms with Crippen LogP contribution in [0.15, 0.2) is 59.6 Å². The fraction of sp³-hybridized carbons (Fsp3) is 0.304. The summed E-state index contributed by atoms with van der Waals surface area (Å²) in [6.07, 6.45) is 2.33. The van der Waals surface area contributed by atoms with Crippen LogP contribution in [0.3, 0.4) is 0 Å². The summed E-state index contributed by atoms with van der Waals surface area (Å²) in [5.74, 6) is 0.376. The van der Waals surface area contributed by atoms with Gasteiger partial charge in [0.25, 0.3) is 0 Å². The highest BCUT2D eigenvalue weighted by atomic mass is 35.5. The molecular formula is C23H24ClN3O4S. The standard InChI is InChI=1S/C23H24ClN3O4S/c1-31-20-9-8-16-5-2-3-6-18(16)19(20)15-26-23(28)17-10-13-27(14-11-17)32(29,30)21-7-4-12-25-22(21)24/h2-9,12,17H,10-11,13-15H2,1H3,(H,26,28). The van der Waals surface area contributed by atoms with E-state index in [1.165, 1.54) is 16.6 Å². The largest absolute Gasteiger partial charge is 0.496 e. The highest BCUT2D eigenvalue weighted by Gasteiger charge is 2.33. The van der Waals surface area contributed by atoms with Crippen LogP contribution in [0.25, 0.3) is 10.8 Å². The fourth-order valence-corrected chi connectivity index (χ4v) is 5.97. The molecule has 1 fully saturated rings. The van der Waals surface area contributed by atoms with Gasteiger partial charge in [-0.3, -0.25) is 4.79 Å². The third-order valence-corrected chi connectivity index (χ3v) is 8.17. The molecule has 0 spiro atoms. The van der Waals surface area contributed by atoms with Crippen LogP contribution in [0.2, 0.25) is 5.15 Å². The molecule has 0 aliphatic carbocycles. The molecule has 1 aliphatic rings. The van der Waals surface area contributed by atoms with E-state index in [1.807, 2.05) is 36.4 Å². The smallest absolute Gasteiger partial charge is 0.246 e. The monoisotopic (exact) mass is 473 g/mol. The predicted molar refractivity (Wildman–Crippen MR) is 123 cm³/mol. The molecule has 2 aromatic carbocycles. The van der Waals surface area contributed by atoms with Crippen LogP contribution in [-0.4, -0.2) is 43.8 Å². The first kappa shape index (κ1) is 22.5. The number of nitrogens with zero attached hydrogens (tertiary/aromatic N) is 2. The van der Waals surface area contributed by atoms with Crippen LogP contribution in [0, 0.1) is 5.92 Å². The van der Waals surface area contributed by atoms with Crippen molar-refractivity contribution in [1.82, 2.24) is 14.6 Å². The zero-order chi connectivity index (χ0) is 22.7. The minimum atomic E-state index is -3.74. The molecule has 4 rings (SSSR count). The zero-order valence-electron chi connectivity index (χ0n) is 17.6. The maximum atomic E-state index is 12.9. The number of nitrogens with one attached hydrogen (secondary N) is 1. The number of methoxy groups -OCH3 is 1. The number of rotatable bonds is 6. The summed E-state index contributed by atoms with van der Waals surface area (Å²) in [5, 5.41) is 5.07. The first-order valence-corrected chi connectivity index (χ1v) is 12.2. The van der Waals surface area contributed by atoms with Gasteiger partial charge in [0.15, 0.2) is 0 Å². The van der Waals surface area contributed by atoms with Crippen LogP contribution < -0.4 is 10.1 Å². The van der Waals surface area contributed by atoms with Crippen molar-refractivity contribution >= 4 is 38.3 Å². The summed E-state index contributed by atoms with van der Waals surface area (Å²) in [5.41, 5.74) is 0.921. The minimum absolute atomic E-state index is 0.00683. The van der Waals surface area contributed by atoms with Gasteiger partial charge in [-0.2, -0.15) is 4.31 Å². The molecule has 0 saturated carbocycles. The molecule has 168 valence electrons. The number of fused-ring (bicyclic) bond motifs is 1. The number of halogens is 1. The number of hydrogen-bond acceptors (Lipinski definition) is 5. The highest BCUT2D eigenvalue weighted by Crippen LogP contribution is 2.29. The van der Waals surface area contributed by atoms with Gasteiger partial charge < -0.3 is 10.1 Å². The number of amides is 1. The van der Waals surface area contributed by atoms with Gasteiger partial charge in [-0.25, -0.2) is 13.4 Å². The number of sulfonamides is 1. The zero-order valence-corrected chi connectivity index (χ0v) is 19.2. The van der Waals surface area contributed by atoms with Crippen molar-refractivity contribution in [3.05, 3.63) is 65.4 Å². The number of benzene rings is 2. The van der Waals surface area contributed by atoms with E-state index in [0.717, 1.165) is 22.1 Å². The van der Waals surface area contributed by atoms with Crippen molar-refractivity contribution < 1.29 is 17.9 Å². The Hall–Kier alpha value is -2.68. The topological polar surface area (TPSA) is 88.6 Å². The molecule has 1 N–H and O–H groups in total. The molecule has 1 aliphatic heterocycles. The van der Waals surface area contributed by atoms with Crippen LogP contribution >= 0.6 is 11.6 Å². The first-order chi connectivity index (χ1) is 15.4. The third-order valence-electron chi connectivity index (χ3n) is 5.82. The number of pyridine rings is 1. The summed E-state index contributed by atoms with van der Waals surface area (Å²) in [7, 11) is -2.13. The van der Waals surface area contributed by atoms with Crippen LogP contribution in [-0.2, 0) is 21.4 Å². The Balaban J connectivity index is 1.41. The summed E-state index contributed by atoms with van der Waals surface area (Å²) in [6.45, 7) is 0.847. The van der Waals surface area contributed by atoms with Gasteiger partial charge in [-0.15, -0.1) is 0 Å². The minimum Gasteiger partial charge on any atom is -0.496 e. The SMILES string of the molecule is COc1ccc2ccccc2c1CNC(=O)C1CCN(S(=O)(=O)c2cccnc2Cl)CC1. The lowest BCUT2D eigenvalue weighted by atomic mass is 9.97. The van der Waals surface area contributed by atoms with Gasteiger partial charge in [0.1, 0.15) is 15.8 Å². The van der Waals surface area contributed by atoms with Crippen molar-refractivity contribution in [3.8, 4) is 5.75 Å². The molecule has 0 bridgehead atoms. The summed E-state index contributed by atoms with van der Waals surface area (Å²) < 4.78 is 32.6. The number of carbonyl (C=O) groups excluding carboxylic acids is 1. The Labute approximate surface area is 192 Å². The Kier molecular flexibility index (Phi) is 6.64. The Morgan fingerprint density at radius 3 is 2.62 bits per heavy atom. The summed E-state index contributed by atoms with van der Waals surface area (Å²) >= 11 is 5.98. The van der Waals surface area contributed by atoms with Gasteiger partial charge in [0, 0.05) is 37.3 Å². The third kappa shape index (κ3) is 4.44. The van der Waals surface area contributed by atoms with Crippen molar-refractivity contribution in [2.45, 2.75) is 24.3 Å². The molecule has 3 aromatic rings. The molecule has 0 atom stereocenters. The number of hydrogen-bond donors (Lipinski definition) is 1. The van der Waals surface area contributed by atoms with Gasteiger partial charge in [-0.1, -0.05) is 41.9 Å². The van der Waals surface area contributed by atoms with Crippen molar-refractivity contribution in [2.75, 3.05) is 20.2 Å². The van der Waals surface area contributed by atoms with Crippen LogP contribution in [0.1, 0.15) is 18.4 Å². The van der Waals surface area contributed by atoms with Gasteiger partial charge in [-0.05, 0) is 41.8 Å². The molecule has 2 heterocycles. The summed E-state index contributed by atoms with van der Waals surface area (Å²) in [4.78, 5) is 16.7. The molecule has 32 heavy (non-hydrogen) atoms. The van der Waals surface area contributed by atoms with E-state index >= 15 is 0 Å². The molecular weight excluding hydrogens is 450 g/mol. The van der Waals surface area contributed by atoms with E-state index < -0.39 is 10.0 Å². The Morgan fingerprint density at radius 2 is 1.91 bits per heavy atom. The van der Waals surface area contributed by atoms with Crippen molar-refractivity contribution in [2.24, 2.45) is 5.92 Å². The number of aromatic nitrogens is 1. The lowest BCUT2D eigenvalue weighted by Gasteiger charge is -2.30. The molecule has 0 radical (unpaired) electrons. The van der Waals surface area contributed by atoms with Gasteiger partial charge in [0.05, 0.1) is 7.11 Å². The van der Waals surface area contributed by atoms with E-state index in [2.05, 4.69) is 10.3 Å².